The summed E-state index contributed by atoms with van der Waals surface area (Å²) in [5.74, 6) is 0.450. The topological polar surface area (TPSA) is 68.0 Å². The summed E-state index contributed by atoms with van der Waals surface area (Å²) in [6.45, 7) is 4.52. The van der Waals surface area contributed by atoms with Crippen LogP contribution in [0.25, 0.3) is 11.5 Å². The van der Waals surface area contributed by atoms with Crippen LogP contribution in [0.1, 0.15) is 20.3 Å². The fourth-order valence-electron chi connectivity index (χ4n) is 1.55. The van der Waals surface area contributed by atoms with Crippen molar-refractivity contribution in [1.82, 2.24) is 15.5 Å². The number of carbonyl (C=O) groups is 1. The third-order valence-electron chi connectivity index (χ3n) is 2.62. The van der Waals surface area contributed by atoms with E-state index in [1.165, 1.54) is 11.8 Å². The number of thioether (sulfide) groups is 1. The van der Waals surface area contributed by atoms with Crippen LogP contribution in [0.2, 0.25) is 0 Å². The Balaban J connectivity index is 1.98. The molecule has 0 aliphatic heterocycles. The monoisotopic (exact) mass is 291 g/mol. The molecule has 6 heteroatoms. The van der Waals surface area contributed by atoms with Crippen molar-refractivity contribution in [2.45, 2.75) is 30.7 Å². The maximum absolute atomic E-state index is 11.8. The van der Waals surface area contributed by atoms with Crippen LogP contribution < -0.4 is 5.32 Å². The van der Waals surface area contributed by atoms with E-state index < -0.39 is 0 Å². The number of hydrogen-bond donors (Lipinski definition) is 1. The van der Waals surface area contributed by atoms with Gasteiger partial charge >= 0.3 is 0 Å². The maximum atomic E-state index is 11.8. The molecule has 0 aliphatic rings. The molecule has 2 aromatic rings. The maximum Gasteiger partial charge on any atom is 0.277 e. The van der Waals surface area contributed by atoms with Gasteiger partial charge in [0.15, 0.2) is 0 Å². The fraction of sp³-hybridized carbons (Fsp3) is 0.357. The highest BCUT2D eigenvalue weighted by Crippen LogP contribution is 2.25. The van der Waals surface area contributed by atoms with E-state index in [0.717, 1.165) is 12.0 Å². The van der Waals surface area contributed by atoms with Gasteiger partial charge in [0.05, 0.1) is 5.25 Å². The van der Waals surface area contributed by atoms with E-state index in [1.54, 1.807) is 0 Å². The van der Waals surface area contributed by atoms with E-state index in [4.69, 9.17) is 4.42 Å². The number of benzene rings is 1. The minimum atomic E-state index is -0.259. The van der Waals surface area contributed by atoms with E-state index in [9.17, 15) is 4.79 Å². The van der Waals surface area contributed by atoms with Gasteiger partial charge in [-0.15, -0.1) is 10.2 Å². The Hall–Kier alpha value is -1.82. The summed E-state index contributed by atoms with van der Waals surface area (Å²) in [5, 5.41) is 10.9. The highest BCUT2D eigenvalue weighted by atomic mass is 32.2. The molecule has 2 rings (SSSR count). The predicted octanol–water partition coefficient (Wildman–Crippen LogP) is 2.74. The standard InChI is InChI=1S/C14H17N3O2S/c1-3-9-15-12(18)10(2)20-14-17-16-13(19-14)11-7-5-4-6-8-11/h4-8,10H,3,9H2,1-2H3,(H,15,18)/t10-/m1/s1. The van der Waals surface area contributed by atoms with Crippen LogP contribution in [-0.2, 0) is 4.79 Å². The van der Waals surface area contributed by atoms with E-state index in [-0.39, 0.29) is 11.2 Å². The van der Waals surface area contributed by atoms with E-state index in [1.807, 2.05) is 44.2 Å². The molecule has 0 unspecified atom stereocenters. The second-order valence-electron chi connectivity index (χ2n) is 4.29. The van der Waals surface area contributed by atoms with Crippen molar-refractivity contribution in [3.8, 4) is 11.5 Å². The molecule has 106 valence electrons. The molecule has 20 heavy (non-hydrogen) atoms. The lowest BCUT2D eigenvalue weighted by Crippen LogP contribution is -2.31. The minimum Gasteiger partial charge on any atom is -0.411 e. The lowest BCUT2D eigenvalue weighted by Gasteiger charge is -2.08. The van der Waals surface area contributed by atoms with Gasteiger partial charge in [-0.25, -0.2) is 0 Å². The molecule has 0 fully saturated rings. The Morgan fingerprint density at radius 2 is 2.10 bits per heavy atom. The zero-order chi connectivity index (χ0) is 14.4. The summed E-state index contributed by atoms with van der Waals surface area (Å²) in [5.41, 5.74) is 0.870. The summed E-state index contributed by atoms with van der Waals surface area (Å²) >= 11 is 1.27. The van der Waals surface area contributed by atoms with E-state index in [0.29, 0.717) is 17.7 Å². The molecule has 1 atom stereocenters. The Kier molecular flexibility index (Phi) is 5.17. The third-order valence-corrected chi connectivity index (χ3v) is 3.56. The number of rotatable bonds is 6. The molecule has 1 aromatic heterocycles. The first kappa shape index (κ1) is 14.6. The minimum absolute atomic E-state index is 0.0173. The normalized spacial score (nSPS) is 12.1. The highest BCUT2D eigenvalue weighted by molar-refractivity contribution is 8.00. The molecule has 0 saturated carbocycles. The van der Waals surface area contributed by atoms with Crippen molar-refractivity contribution in [1.29, 1.82) is 0 Å². The molecule has 0 bridgehead atoms. The second-order valence-corrected chi connectivity index (χ2v) is 5.58. The SMILES string of the molecule is CCCNC(=O)[C@@H](C)Sc1nnc(-c2ccccc2)o1. The smallest absolute Gasteiger partial charge is 0.277 e. The van der Waals surface area contributed by atoms with E-state index >= 15 is 0 Å². The first-order chi connectivity index (χ1) is 9.70. The summed E-state index contributed by atoms with van der Waals surface area (Å²) in [6, 6.07) is 9.55. The Labute approximate surface area is 122 Å². The van der Waals surface area contributed by atoms with Gasteiger partial charge in [0, 0.05) is 12.1 Å². The largest absolute Gasteiger partial charge is 0.411 e. The molecule has 0 aliphatic carbocycles. The van der Waals surface area contributed by atoms with Gasteiger partial charge in [0.2, 0.25) is 11.8 Å². The van der Waals surface area contributed by atoms with Crippen LogP contribution in [0.5, 0.6) is 0 Å². The molecule has 0 saturated heterocycles. The molecule has 0 radical (unpaired) electrons. The van der Waals surface area contributed by atoms with Crippen molar-refractivity contribution in [3.63, 3.8) is 0 Å². The van der Waals surface area contributed by atoms with Gasteiger partial charge in [-0.2, -0.15) is 0 Å². The zero-order valence-electron chi connectivity index (χ0n) is 11.5. The highest BCUT2D eigenvalue weighted by Gasteiger charge is 2.18. The number of nitrogens with one attached hydrogen (secondary N) is 1. The Morgan fingerprint density at radius 1 is 1.35 bits per heavy atom. The van der Waals surface area contributed by atoms with Crippen LogP contribution in [-0.4, -0.2) is 27.9 Å². The summed E-state index contributed by atoms with van der Waals surface area (Å²) in [6.07, 6.45) is 0.918. The van der Waals surface area contributed by atoms with Gasteiger partial charge in [-0.05, 0) is 25.5 Å². The number of nitrogens with zero attached hydrogens (tertiary/aromatic N) is 2. The average Bonchev–Trinajstić information content (AvgIpc) is 2.94. The van der Waals surface area contributed by atoms with Crippen LogP contribution in [0, 0.1) is 0 Å². The third kappa shape index (κ3) is 3.84. The van der Waals surface area contributed by atoms with Crippen LogP contribution in [0.15, 0.2) is 40.0 Å². The van der Waals surface area contributed by atoms with Crippen LogP contribution >= 0.6 is 11.8 Å². The Bertz CT molecular complexity index is 557. The average molecular weight is 291 g/mol. The first-order valence-electron chi connectivity index (χ1n) is 6.54. The van der Waals surface area contributed by atoms with Crippen molar-refractivity contribution in [2.75, 3.05) is 6.54 Å². The first-order valence-corrected chi connectivity index (χ1v) is 7.42. The van der Waals surface area contributed by atoms with Gasteiger partial charge in [0.1, 0.15) is 0 Å². The summed E-state index contributed by atoms with van der Waals surface area (Å²) < 4.78 is 5.56. The Morgan fingerprint density at radius 3 is 2.80 bits per heavy atom. The summed E-state index contributed by atoms with van der Waals surface area (Å²) in [4.78, 5) is 11.8. The van der Waals surface area contributed by atoms with Crippen LogP contribution in [0.4, 0.5) is 0 Å². The van der Waals surface area contributed by atoms with Gasteiger partial charge in [0.25, 0.3) is 5.22 Å². The molecule has 5 nitrogen and oxygen atoms in total. The van der Waals surface area contributed by atoms with Crippen molar-refractivity contribution in [3.05, 3.63) is 30.3 Å². The lowest BCUT2D eigenvalue weighted by molar-refractivity contribution is -0.120. The number of aromatic nitrogens is 2. The molecular weight excluding hydrogens is 274 g/mol. The molecule has 0 spiro atoms. The molecule has 1 heterocycles. The second kappa shape index (κ2) is 7.09. The lowest BCUT2D eigenvalue weighted by atomic mass is 10.2. The van der Waals surface area contributed by atoms with E-state index in [2.05, 4.69) is 15.5 Å². The molecule has 1 amide bonds. The summed E-state index contributed by atoms with van der Waals surface area (Å²) in [7, 11) is 0. The van der Waals surface area contributed by atoms with Crippen LogP contribution in [0.3, 0.4) is 0 Å². The van der Waals surface area contributed by atoms with Crippen molar-refractivity contribution >= 4 is 17.7 Å². The fourth-order valence-corrected chi connectivity index (χ4v) is 2.26. The number of hydrogen-bond acceptors (Lipinski definition) is 5. The molecular formula is C14H17N3O2S. The molecule has 1 aromatic carbocycles. The zero-order valence-corrected chi connectivity index (χ0v) is 12.3. The molecule has 1 N–H and O–H groups in total. The predicted molar refractivity (Wildman–Crippen MR) is 78.4 cm³/mol. The van der Waals surface area contributed by atoms with Gasteiger partial charge in [-0.3, -0.25) is 4.79 Å². The van der Waals surface area contributed by atoms with Gasteiger partial charge < -0.3 is 9.73 Å². The number of carbonyl (C=O) groups excluding carboxylic acids is 1. The van der Waals surface area contributed by atoms with Crippen molar-refractivity contribution < 1.29 is 9.21 Å². The van der Waals surface area contributed by atoms with Crippen molar-refractivity contribution in [2.24, 2.45) is 0 Å². The number of amides is 1. The van der Waals surface area contributed by atoms with Gasteiger partial charge in [-0.1, -0.05) is 36.9 Å². The quantitative estimate of drug-likeness (QED) is 0.829.